The van der Waals surface area contributed by atoms with Gasteiger partial charge in [-0.2, -0.15) is 0 Å². The van der Waals surface area contributed by atoms with Crippen molar-refractivity contribution in [2.24, 2.45) is 0 Å². The number of aromatic nitrogens is 4. The highest BCUT2D eigenvalue weighted by molar-refractivity contribution is 5.76. The molecule has 84 valence electrons. The molecule has 2 N–H and O–H groups in total. The number of aromatic amines is 2. The van der Waals surface area contributed by atoms with Crippen LogP contribution in [0, 0.1) is 0 Å². The van der Waals surface area contributed by atoms with Gasteiger partial charge in [0.2, 0.25) is 0 Å². The number of nitrogens with one attached hydrogen (secondary N) is 2. The van der Waals surface area contributed by atoms with E-state index in [2.05, 4.69) is 15.0 Å². The van der Waals surface area contributed by atoms with Crippen LogP contribution in [0.4, 0.5) is 0 Å². The van der Waals surface area contributed by atoms with E-state index in [9.17, 15) is 9.59 Å². The van der Waals surface area contributed by atoms with Crippen molar-refractivity contribution in [2.75, 3.05) is 0 Å². The van der Waals surface area contributed by atoms with E-state index < -0.39 is 11.1 Å². The zero-order valence-electron chi connectivity index (χ0n) is 8.68. The maximum Gasteiger partial charge on any atom is 0.314 e. The Kier molecular flexibility index (Phi) is 1.94. The molecule has 0 amide bonds. The van der Waals surface area contributed by atoms with Crippen molar-refractivity contribution in [1.29, 1.82) is 0 Å². The average molecular weight is 228 g/mol. The molecule has 3 aromatic rings. The second kappa shape index (κ2) is 3.44. The van der Waals surface area contributed by atoms with E-state index in [-0.39, 0.29) is 0 Å². The van der Waals surface area contributed by atoms with Gasteiger partial charge in [-0.05, 0) is 18.2 Å². The molecular weight excluding hydrogens is 220 g/mol. The fourth-order valence-electron chi connectivity index (χ4n) is 1.68. The van der Waals surface area contributed by atoms with Gasteiger partial charge in [-0.1, -0.05) is 0 Å². The van der Waals surface area contributed by atoms with Crippen molar-refractivity contribution in [1.82, 2.24) is 19.5 Å². The topological polar surface area (TPSA) is 83.5 Å². The minimum atomic E-state index is -0.653. The summed E-state index contributed by atoms with van der Waals surface area (Å²) in [6.45, 7) is 0. The van der Waals surface area contributed by atoms with Gasteiger partial charge >= 0.3 is 11.1 Å². The molecule has 0 aliphatic carbocycles. The number of rotatable bonds is 1. The Labute approximate surface area is 94.6 Å². The summed E-state index contributed by atoms with van der Waals surface area (Å²) in [5.74, 6) is 0. The summed E-state index contributed by atoms with van der Waals surface area (Å²) in [6.07, 6.45) is 5.12. The smallest absolute Gasteiger partial charge is 0.314 e. The predicted octanol–water partition coefficient (Wildman–Crippen LogP) is 0.402. The molecule has 0 aliphatic heterocycles. The Morgan fingerprint density at radius 1 is 1.06 bits per heavy atom. The summed E-state index contributed by atoms with van der Waals surface area (Å²) in [7, 11) is 0. The van der Waals surface area contributed by atoms with Gasteiger partial charge in [0.25, 0.3) is 0 Å². The molecule has 2 aromatic heterocycles. The third-order valence-corrected chi connectivity index (χ3v) is 2.51. The normalized spacial score (nSPS) is 10.8. The molecule has 6 nitrogen and oxygen atoms in total. The number of nitrogens with zero attached hydrogens (tertiary/aromatic N) is 2. The van der Waals surface area contributed by atoms with Gasteiger partial charge in [-0.25, -0.2) is 4.98 Å². The van der Waals surface area contributed by atoms with Crippen LogP contribution >= 0.6 is 0 Å². The molecule has 0 atom stereocenters. The Hall–Kier alpha value is -2.63. The van der Waals surface area contributed by atoms with Gasteiger partial charge in [0, 0.05) is 18.1 Å². The van der Waals surface area contributed by atoms with Crippen molar-refractivity contribution in [3.05, 3.63) is 57.6 Å². The molecule has 0 spiro atoms. The van der Waals surface area contributed by atoms with Gasteiger partial charge in [0.15, 0.2) is 0 Å². The summed E-state index contributed by atoms with van der Waals surface area (Å²) >= 11 is 0. The zero-order chi connectivity index (χ0) is 11.8. The molecule has 0 radical (unpaired) electrons. The number of imidazole rings is 1. The molecule has 6 heteroatoms. The van der Waals surface area contributed by atoms with Crippen LogP contribution in [0.2, 0.25) is 0 Å². The lowest BCUT2D eigenvalue weighted by molar-refractivity contribution is 1.05. The largest absolute Gasteiger partial charge is 0.316 e. The second-order valence-electron chi connectivity index (χ2n) is 3.61. The highest BCUT2D eigenvalue weighted by atomic mass is 16.2. The predicted molar refractivity (Wildman–Crippen MR) is 62.3 cm³/mol. The third-order valence-electron chi connectivity index (χ3n) is 2.51. The molecule has 0 unspecified atom stereocenters. The van der Waals surface area contributed by atoms with Gasteiger partial charge in [0.05, 0.1) is 17.4 Å². The lowest BCUT2D eigenvalue weighted by atomic mass is 10.2. The molecular formula is C11H8N4O2. The standard InChI is InChI=1S/C11H8N4O2/c16-10-11(17)14-9-5-7(1-2-8(9)13-10)15-4-3-12-6-15/h1-6H,(H,13,16)(H,14,17). The molecule has 0 fully saturated rings. The van der Waals surface area contributed by atoms with E-state index in [1.165, 1.54) is 0 Å². The first-order valence-electron chi connectivity index (χ1n) is 4.99. The third kappa shape index (κ3) is 1.55. The minimum absolute atomic E-state index is 0.584. The van der Waals surface area contributed by atoms with Gasteiger partial charge in [-0.3, -0.25) is 9.59 Å². The molecule has 2 heterocycles. The van der Waals surface area contributed by atoms with Crippen LogP contribution in [-0.4, -0.2) is 19.5 Å². The summed E-state index contributed by atoms with van der Waals surface area (Å²) in [4.78, 5) is 31.3. The molecule has 0 saturated carbocycles. The Bertz CT molecular complexity index is 783. The lowest BCUT2D eigenvalue weighted by Gasteiger charge is -2.03. The van der Waals surface area contributed by atoms with E-state index in [0.29, 0.717) is 11.0 Å². The van der Waals surface area contributed by atoms with Crippen molar-refractivity contribution in [2.45, 2.75) is 0 Å². The quantitative estimate of drug-likeness (QED) is 0.591. The molecule has 0 aliphatic rings. The lowest BCUT2D eigenvalue weighted by Crippen LogP contribution is -2.28. The maximum atomic E-state index is 11.2. The van der Waals surface area contributed by atoms with Crippen molar-refractivity contribution in [3.8, 4) is 5.69 Å². The minimum Gasteiger partial charge on any atom is -0.316 e. The summed E-state index contributed by atoms with van der Waals surface area (Å²) < 4.78 is 1.81. The van der Waals surface area contributed by atoms with E-state index in [4.69, 9.17) is 0 Å². The fourth-order valence-corrected chi connectivity index (χ4v) is 1.68. The van der Waals surface area contributed by atoms with Crippen LogP contribution in [0.15, 0.2) is 46.5 Å². The molecule has 0 bridgehead atoms. The first-order valence-corrected chi connectivity index (χ1v) is 4.99. The Balaban J connectivity index is 2.30. The highest BCUT2D eigenvalue weighted by Crippen LogP contribution is 2.12. The van der Waals surface area contributed by atoms with Gasteiger partial charge in [-0.15, -0.1) is 0 Å². The first-order chi connectivity index (χ1) is 8.24. The number of benzene rings is 1. The van der Waals surface area contributed by atoms with Gasteiger partial charge in [0.1, 0.15) is 0 Å². The Morgan fingerprint density at radius 2 is 1.82 bits per heavy atom. The highest BCUT2D eigenvalue weighted by Gasteiger charge is 2.01. The van der Waals surface area contributed by atoms with Crippen LogP contribution in [0.5, 0.6) is 0 Å². The monoisotopic (exact) mass is 228 g/mol. The number of fused-ring (bicyclic) bond motifs is 1. The number of H-pyrrole nitrogens is 2. The van der Waals surface area contributed by atoms with Crippen molar-refractivity contribution < 1.29 is 0 Å². The molecule has 0 saturated heterocycles. The van der Waals surface area contributed by atoms with Crippen LogP contribution in [0.25, 0.3) is 16.7 Å². The average Bonchev–Trinajstić information content (AvgIpc) is 2.83. The van der Waals surface area contributed by atoms with Crippen molar-refractivity contribution in [3.63, 3.8) is 0 Å². The Morgan fingerprint density at radius 3 is 2.53 bits per heavy atom. The van der Waals surface area contributed by atoms with Crippen LogP contribution in [0.3, 0.4) is 0 Å². The summed E-state index contributed by atoms with van der Waals surface area (Å²) in [5, 5.41) is 0. The van der Waals surface area contributed by atoms with Crippen LogP contribution in [-0.2, 0) is 0 Å². The van der Waals surface area contributed by atoms with E-state index >= 15 is 0 Å². The number of hydrogen-bond acceptors (Lipinski definition) is 3. The SMILES string of the molecule is O=c1[nH]c2ccc(-n3ccnc3)cc2[nH]c1=O. The van der Waals surface area contributed by atoms with E-state index in [1.807, 2.05) is 10.6 Å². The maximum absolute atomic E-state index is 11.2. The van der Waals surface area contributed by atoms with Crippen LogP contribution in [0.1, 0.15) is 0 Å². The summed E-state index contributed by atoms with van der Waals surface area (Å²) in [5.41, 5.74) is 0.741. The second-order valence-corrected chi connectivity index (χ2v) is 3.61. The van der Waals surface area contributed by atoms with Crippen LogP contribution < -0.4 is 11.1 Å². The summed E-state index contributed by atoms with van der Waals surface area (Å²) in [6, 6.07) is 5.34. The molecule has 3 rings (SSSR count). The number of hydrogen-bond donors (Lipinski definition) is 2. The zero-order valence-corrected chi connectivity index (χ0v) is 8.68. The molecule has 17 heavy (non-hydrogen) atoms. The van der Waals surface area contributed by atoms with Crippen molar-refractivity contribution >= 4 is 11.0 Å². The first kappa shape index (κ1) is 9.59. The molecule has 1 aromatic carbocycles. The fraction of sp³-hybridized carbons (Fsp3) is 0. The van der Waals surface area contributed by atoms with E-state index in [1.54, 1.807) is 30.9 Å². The van der Waals surface area contributed by atoms with Gasteiger partial charge < -0.3 is 14.5 Å². The van der Waals surface area contributed by atoms with E-state index in [0.717, 1.165) is 5.69 Å².